The van der Waals surface area contributed by atoms with Crippen LogP contribution in [0.5, 0.6) is 0 Å². The minimum absolute atomic E-state index is 0.0490. The molecule has 4 fully saturated rings. The van der Waals surface area contributed by atoms with E-state index in [4.69, 9.17) is 11.6 Å². The lowest BCUT2D eigenvalue weighted by molar-refractivity contribution is -0.173. The van der Waals surface area contributed by atoms with Crippen molar-refractivity contribution in [1.29, 1.82) is 0 Å². The summed E-state index contributed by atoms with van der Waals surface area (Å²) in [5, 5.41) is 10.4. The Balaban J connectivity index is 1.32. The SMILES string of the molecule is O=C(NC12CC3CC(CC(C3)C1)C2)c1nn2c(c1Cl)N[C@@H](c1ccccc1)C[C@H]2C(F)(F)F. The van der Waals surface area contributed by atoms with Crippen LogP contribution in [0.25, 0.3) is 0 Å². The van der Waals surface area contributed by atoms with Crippen molar-refractivity contribution >= 4 is 23.3 Å². The number of nitrogens with zero attached hydrogens (tertiary/aromatic N) is 2. The van der Waals surface area contributed by atoms with Gasteiger partial charge >= 0.3 is 6.18 Å². The molecule has 176 valence electrons. The molecule has 9 heteroatoms. The summed E-state index contributed by atoms with van der Waals surface area (Å²) in [6, 6.07) is 6.51. The fourth-order valence-electron chi connectivity index (χ4n) is 7.20. The molecule has 33 heavy (non-hydrogen) atoms. The largest absolute Gasteiger partial charge is 0.410 e. The second kappa shape index (κ2) is 7.39. The highest BCUT2D eigenvalue weighted by Gasteiger charge is 2.52. The Hall–Kier alpha value is -2.22. The molecule has 4 saturated carbocycles. The Morgan fingerprint density at radius 1 is 1.06 bits per heavy atom. The summed E-state index contributed by atoms with van der Waals surface area (Å²) in [4.78, 5) is 13.3. The molecule has 0 spiro atoms. The van der Waals surface area contributed by atoms with Crippen LogP contribution in [-0.4, -0.2) is 27.4 Å². The van der Waals surface area contributed by atoms with E-state index in [1.54, 1.807) is 24.3 Å². The number of alkyl halides is 3. The van der Waals surface area contributed by atoms with E-state index in [1.165, 1.54) is 19.3 Å². The fraction of sp³-hybridized carbons (Fsp3) is 0.583. The van der Waals surface area contributed by atoms with Crippen LogP contribution in [0.15, 0.2) is 30.3 Å². The third-order valence-corrected chi connectivity index (χ3v) is 8.49. The zero-order valence-electron chi connectivity index (χ0n) is 18.0. The van der Waals surface area contributed by atoms with Gasteiger partial charge in [0.05, 0.1) is 6.04 Å². The van der Waals surface area contributed by atoms with E-state index in [0.717, 1.165) is 29.5 Å². The highest BCUT2D eigenvalue weighted by atomic mass is 35.5. The topological polar surface area (TPSA) is 59.0 Å². The number of carbonyl (C=O) groups excluding carboxylic acids is 1. The molecule has 2 heterocycles. The molecule has 0 saturated heterocycles. The molecule has 1 amide bonds. The quantitative estimate of drug-likeness (QED) is 0.577. The third kappa shape index (κ3) is 3.61. The van der Waals surface area contributed by atoms with Crippen LogP contribution >= 0.6 is 11.6 Å². The highest BCUT2D eigenvalue weighted by Crippen LogP contribution is 2.56. The van der Waals surface area contributed by atoms with Crippen molar-refractivity contribution in [3.05, 3.63) is 46.6 Å². The molecule has 5 nitrogen and oxygen atoms in total. The van der Waals surface area contributed by atoms with Gasteiger partial charge in [-0.2, -0.15) is 18.3 Å². The second-order valence-corrected chi connectivity index (χ2v) is 10.9. The predicted octanol–water partition coefficient (Wildman–Crippen LogP) is 5.90. The maximum absolute atomic E-state index is 14.0. The summed E-state index contributed by atoms with van der Waals surface area (Å²) in [5.41, 5.74) is 0.329. The maximum Gasteiger partial charge on any atom is 0.410 e. The minimum atomic E-state index is -4.52. The third-order valence-electron chi connectivity index (χ3n) is 8.13. The van der Waals surface area contributed by atoms with E-state index in [-0.39, 0.29) is 28.5 Å². The lowest BCUT2D eigenvalue weighted by Gasteiger charge is -2.56. The van der Waals surface area contributed by atoms with Crippen LogP contribution in [0.1, 0.15) is 73.1 Å². The van der Waals surface area contributed by atoms with Crippen molar-refractivity contribution < 1.29 is 18.0 Å². The van der Waals surface area contributed by atoms with Gasteiger partial charge in [-0.05, 0) is 61.8 Å². The minimum Gasteiger partial charge on any atom is -0.362 e. The molecule has 4 aliphatic carbocycles. The first-order valence-corrected chi connectivity index (χ1v) is 12.1. The van der Waals surface area contributed by atoms with Gasteiger partial charge in [-0.3, -0.25) is 4.79 Å². The number of fused-ring (bicyclic) bond motifs is 1. The maximum atomic E-state index is 14.0. The van der Waals surface area contributed by atoms with Gasteiger partial charge in [-0.1, -0.05) is 41.9 Å². The van der Waals surface area contributed by atoms with E-state index >= 15 is 0 Å². The van der Waals surface area contributed by atoms with E-state index in [2.05, 4.69) is 15.7 Å². The average molecular weight is 479 g/mol. The van der Waals surface area contributed by atoms with E-state index in [1.807, 2.05) is 6.07 Å². The normalized spacial score (nSPS) is 34.6. The van der Waals surface area contributed by atoms with Crippen LogP contribution in [0.4, 0.5) is 19.0 Å². The van der Waals surface area contributed by atoms with Gasteiger partial charge in [0.2, 0.25) is 0 Å². The Morgan fingerprint density at radius 2 is 1.67 bits per heavy atom. The molecule has 2 aromatic rings. The second-order valence-electron chi connectivity index (χ2n) is 10.5. The standard InChI is InChI=1S/C24H26ClF3N4O/c25-19-20(22(33)30-23-10-13-6-14(11-23)8-15(7-13)12-23)31-32-18(24(26,27)28)9-17(29-21(19)32)16-4-2-1-3-5-16/h1-5,13-15,17-18,29H,6-12H2,(H,30,33)/t13?,14?,15?,17-,18+,23?/m1/s1. The van der Waals surface area contributed by atoms with Crippen molar-refractivity contribution in [3.63, 3.8) is 0 Å². The van der Waals surface area contributed by atoms with E-state index < -0.39 is 24.2 Å². The highest BCUT2D eigenvalue weighted by molar-refractivity contribution is 6.36. The first kappa shape index (κ1) is 21.3. The molecule has 5 aliphatic rings. The Labute approximate surface area is 195 Å². The molecule has 2 N–H and O–H groups in total. The lowest BCUT2D eigenvalue weighted by atomic mass is 9.53. The summed E-state index contributed by atoms with van der Waals surface area (Å²) in [5.74, 6) is 1.47. The molecular formula is C24H26ClF3N4O. The number of hydrogen-bond donors (Lipinski definition) is 2. The number of benzene rings is 1. The zero-order valence-corrected chi connectivity index (χ0v) is 18.8. The van der Waals surface area contributed by atoms with Crippen molar-refractivity contribution in [1.82, 2.24) is 15.1 Å². The molecule has 0 unspecified atom stereocenters. The molecule has 0 radical (unpaired) electrons. The van der Waals surface area contributed by atoms with Crippen LogP contribution in [0, 0.1) is 17.8 Å². The lowest BCUT2D eigenvalue weighted by Crippen LogP contribution is -2.59. The first-order chi connectivity index (χ1) is 15.7. The summed E-state index contributed by atoms with van der Waals surface area (Å²) < 4.78 is 42.9. The molecular weight excluding hydrogens is 453 g/mol. The van der Waals surface area contributed by atoms with Crippen LogP contribution in [-0.2, 0) is 0 Å². The number of carbonyl (C=O) groups is 1. The monoisotopic (exact) mass is 478 g/mol. The molecule has 4 bridgehead atoms. The van der Waals surface area contributed by atoms with Crippen molar-refractivity contribution in [2.45, 2.75) is 68.7 Å². The van der Waals surface area contributed by atoms with E-state index in [0.29, 0.717) is 17.8 Å². The van der Waals surface area contributed by atoms with Crippen molar-refractivity contribution in [2.24, 2.45) is 17.8 Å². The summed E-state index contributed by atoms with van der Waals surface area (Å²) >= 11 is 6.52. The van der Waals surface area contributed by atoms with Gasteiger partial charge in [-0.15, -0.1) is 0 Å². The molecule has 1 aromatic carbocycles. The van der Waals surface area contributed by atoms with Gasteiger partial charge in [0.1, 0.15) is 10.8 Å². The van der Waals surface area contributed by atoms with Gasteiger partial charge < -0.3 is 10.6 Å². The predicted molar refractivity (Wildman–Crippen MR) is 118 cm³/mol. The van der Waals surface area contributed by atoms with Crippen molar-refractivity contribution in [3.8, 4) is 0 Å². The zero-order chi connectivity index (χ0) is 23.0. The molecule has 1 aliphatic heterocycles. The number of nitrogens with one attached hydrogen (secondary N) is 2. The van der Waals surface area contributed by atoms with Gasteiger partial charge in [0.25, 0.3) is 5.91 Å². The number of hydrogen-bond acceptors (Lipinski definition) is 3. The molecule has 1 aromatic heterocycles. The van der Waals surface area contributed by atoms with Crippen molar-refractivity contribution in [2.75, 3.05) is 5.32 Å². The van der Waals surface area contributed by atoms with Crippen LogP contribution < -0.4 is 10.6 Å². The Bertz CT molecular complexity index is 1050. The van der Waals surface area contributed by atoms with Gasteiger partial charge in [-0.25, -0.2) is 4.68 Å². The summed E-state index contributed by atoms with van der Waals surface area (Å²) in [6.45, 7) is 0. The Morgan fingerprint density at radius 3 is 2.24 bits per heavy atom. The first-order valence-electron chi connectivity index (χ1n) is 11.7. The number of halogens is 4. The number of rotatable bonds is 3. The number of anilines is 1. The Kier molecular flexibility index (Phi) is 4.77. The van der Waals surface area contributed by atoms with Crippen LogP contribution in [0.2, 0.25) is 5.02 Å². The number of aromatic nitrogens is 2. The summed E-state index contributed by atoms with van der Waals surface area (Å²) in [7, 11) is 0. The smallest absolute Gasteiger partial charge is 0.362 e. The number of amides is 1. The van der Waals surface area contributed by atoms with Gasteiger partial charge in [0, 0.05) is 12.0 Å². The van der Waals surface area contributed by atoms with Gasteiger partial charge in [0.15, 0.2) is 11.7 Å². The molecule has 2 atom stereocenters. The average Bonchev–Trinajstić information content (AvgIpc) is 3.08. The summed E-state index contributed by atoms with van der Waals surface area (Å²) in [6.07, 6.45) is 1.76. The van der Waals surface area contributed by atoms with Crippen LogP contribution in [0.3, 0.4) is 0 Å². The molecule has 7 rings (SSSR count). The fourth-order valence-corrected chi connectivity index (χ4v) is 7.47. The van der Waals surface area contributed by atoms with E-state index in [9.17, 15) is 18.0 Å².